The highest BCUT2D eigenvalue weighted by atomic mass is 35.5. The Balaban J connectivity index is 1.16. The maximum Gasteiger partial charge on any atom is 0.271 e. The van der Waals surface area contributed by atoms with E-state index in [1.165, 1.54) is 32.1 Å². The number of hydrogen-bond acceptors (Lipinski definition) is 3. The number of carbonyl (C=O) groups excluding carboxylic acids is 1. The number of hydrogen-bond donors (Lipinski definition) is 2. The van der Waals surface area contributed by atoms with Crippen LogP contribution in [0.25, 0.3) is 16.9 Å². The van der Waals surface area contributed by atoms with Crippen LogP contribution >= 0.6 is 34.8 Å². The van der Waals surface area contributed by atoms with Crippen molar-refractivity contribution in [2.45, 2.75) is 38.1 Å². The normalized spacial score (nSPS) is 26.4. The van der Waals surface area contributed by atoms with Crippen LogP contribution < -0.4 is 10.6 Å². The van der Waals surface area contributed by atoms with Gasteiger partial charge in [0.25, 0.3) is 5.91 Å². The van der Waals surface area contributed by atoms with Crippen molar-refractivity contribution in [2.75, 3.05) is 13.1 Å². The van der Waals surface area contributed by atoms with Crippen LogP contribution in [0.5, 0.6) is 0 Å². The summed E-state index contributed by atoms with van der Waals surface area (Å²) in [5, 5.41) is 13.1. The molecule has 0 spiro atoms. The van der Waals surface area contributed by atoms with Crippen LogP contribution in [0.1, 0.15) is 42.6 Å². The molecule has 36 heavy (non-hydrogen) atoms. The zero-order valence-corrected chi connectivity index (χ0v) is 22.2. The standard InChI is InChI=1S/C28H29Cl3N4O/c29-21-3-1-18(2-4-21)26-15-24(34-35(26)25-6-5-22(30)14-23(25)31)28(36)33-8-7-32-27-19-10-16-9-17(12-19)13-20(27)11-16/h1-6,14-17,19-20,27,32H,7-13H2,(H,33,36)/t16-,17+,19-,20+,27?. The highest BCUT2D eigenvalue weighted by molar-refractivity contribution is 6.35. The molecule has 7 rings (SSSR count). The average Bonchev–Trinajstić information content (AvgIpc) is 3.28. The van der Waals surface area contributed by atoms with Gasteiger partial charge in [0.15, 0.2) is 5.69 Å². The third-order valence-corrected chi connectivity index (χ3v) is 9.03. The molecule has 0 unspecified atom stereocenters. The lowest BCUT2D eigenvalue weighted by atomic mass is 9.54. The number of rotatable bonds is 7. The van der Waals surface area contributed by atoms with E-state index < -0.39 is 0 Å². The van der Waals surface area contributed by atoms with Gasteiger partial charge in [-0.15, -0.1) is 0 Å². The van der Waals surface area contributed by atoms with Crippen molar-refractivity contribution in [3.05, 3.63) is 69.3 Å². The molecule has 0 aliphatic heterocycles. The van der Waals surface area contributed by atoms with Crippen molar-refractivity contribution in [1.29, 1.82) is 0 Å². The Morgan fingerprint density at radius 1 is 0.861 bits per heavy atom. The predicted molar refractivity (Wildman–Crippen MR) is 145 cm³/mol. The van der Waals surface area contributed by atoms with Gasteiger partial charge in [-0.1, -0.05) is 46.9 Å². The number of nitrogens with zero attached hydrogens (tertiary/aromatic N) is 2. The Bertz CT molecular complexity index is 1240. The first-order chi connectivity index (χ1) is 17.4. The second-order valence-corrected chi connectivity index (χ2v) is 11.9. The number of amides is 1. The molecule has 5 nitrogen and oxygen atoms in total. The summed E-state index contributed by atoms with van der Waals surface area (Å²) < 4.78 is 1.68. The first-order valence-corrected chi connectivity index (χ1v) is 13.9. The molecule has 4 saturated carbocycles. The number of halogens is 3. The predicted octanol–water partition coefficient (Wildman–Crippen LogP) is 6.64. The number of carbonyl (C=O) groups is 1. The van der Waals surface area contributed by atoms with Gasteiger partial charge in [0.05, 0.1) is 16.4 Å². The Hall–Kier alpha value is -2.05. The summed E-state index contributed by atoms with van der Waals surface area (Å²) in [6.07, 6.45) is 7.00. The van der Waals surface area contributed by atoms with Crippen molar-refractivity contribution in [3.63, 3.8) is 0 Å². The fourth-order valence-electron chi connectivity index (χ4n) is 6.92. The average molecular weight is 544 g/mol. The van der Waals surface area contributed by atoms with Gasteiger partial charge in [-0.2, -0.15) is 5.10 Å². The molecule has 8 heteroatoms. The van der Waals surface area contributed by atoms with Crippen LogP contribution in [0.2, 0.25) is 15.1 Å². The van der Waals surface area contributed by atoms with Gasteiger partial charge in [-0.3, -0.25) is 4.79 Å². The molecule has 4 aliphatic rings. The van der Waals surface area contributed by atoms with E-state index in [1.807, 2.05) is 24.3 Å². The topological polar surface area (TPSA) is 59.0 Å². The van der Waals surface area contributed by atoms with Crippen molar-refractivity contribution < 1.29 is 4.79 Å². The molecule has 0 saturated heterocycles. The third-order valence-electron chi connectivity index (χ3n) is 8.24. The molecule has 188 valence electrons. The summed E-state index contributed by atoms with van der Waals surface area (Å²) in [5.74, 6) is 3.35. The van der Waals surface area contributed by atoms with E-state index in [-0.39, 0.29) is 5.91 Å². The highest BCUT2D eigenvalue weighted by Gasteiger charge is 2.47. The molecule has 2 aromatic carbocycles. The maximum absolute atomic E-state index is 13.1. The smallest absolute Gasteiger partial charge is 0.271 e. The monoisotopic (exact) mass is 542 g/mol. The third kappa shape index (κ3) is 4.79. The lowest BCUT2D eigenvalue weighted by molar-refractivity contribution is -0.0133. The Kier molecular flexibility index (Phi) is 6.76. The second-order valence-electron chi connectivity index (χ2n) is 10.6. The van der Waals surface area contributed by atoms with Crippen LogP contribution in [0.4, 0.5) is 0 Å². The summed E-state index contributed by atoms with van der Waals surface area (Å²) in [4.78, 5) is 13.1. The number of nitrogens with one attached hydrogen (secondary N) is 2. The number of benzene rings is 2. The minimum Gasteiger partial charge on any atom is -0.349 e. The lowest BCUT2D eigenvalue weighted by Gasteiger charge is -2.54. The highest BCUT2D eigenvalue weighted by Crippen LogP contribution is 2.53. The summed E-state index contributed by atoms with van der Waals surface area (Å²) in [5.41, 5.74) is 2.60. The van der Waals surface area contributed by atoms with E-state index in [0.29, 0.717) is 39.0 Å². The van der Waals surface area contributed by atoms with Gasteiger partial charge >= 0.3 is 0 Å². The van der Waals surface area contributed by atoms with E-state index in [2.05, 4.69) is 15.7 Å². The first-order valence-electron chi connectivity index (χ1n) is 12.8. The van der Waals surface area contributed by atoms with Crippen LogP contribution in [0.15, 0.2) is 48.5 Å². The molecule has 4 bridgehead atoms. The maximum atomic E-state index is 13.1. The van der Waals surface area contributed by atoms with Crippen molar-refractivity contribution in [3.8, 4) is 16.9 Å². The van der Waals surface area contributed by atoms with Gasteiger partial charge in [0.1, 0.15) is 0 Å². The van der Waals surface area contributed by atoms with E-state index >= 15 is 0 Å². The molecule has 1 amide bonds. The van der Waals surface area contributed by atoms with Crippen LogP contribution in [-0.2, 0) is 0 Å². The van der Waals surface area contributed by atoms with Gasteiger partial charge in [0, 0.05) is 34.7 Å². The molecular weight excluding hydrogens is 515 g/mol. The van der Waals surface area contributed by atoms with Gasteiger partial charge < -0.3 is 10.6 Å². The molecule has 4 aliphatic carbocycles. The van der Waals surface area contributed by atoms with Crippen molar-refractivity contribution in [1.82, 2.24) is 20.4 Å². The SMILES string of the molecule is O=C(NCCNC1[C@H]2C[C@@H]3C[C@@H](C[C@H]1C3)C2)c1cc(-c2ccc(Cl)cc2)n(-c2ccc(Cl)cc2Cl)n1. The Labute approximate surface area is 226 Å². The quantitative estimate of drug-likeness (QED) is 0.328. The molecule has 0 atom stereocenters. The van der Waals surface area contributed by atoms with Crippen LogP contribution in [0.3, 0.4) is 0 Å². The van der Waals surface area contributed by atoms with Crippen molar-refractivity contribution >= 4 is 40.7 Å². The fraction of sp³-hybridized carbons (Fsp3) is 0.429. The molecule has 1 heterocycles. The van der Waals surface area contributed by atoms with Gasteiger partial charge in [-0.05, 0) is 92.2 Å². The van der Waals surface area contributed by atoms with Crippen molar-refractivity contribution in [2.24, 2.45) is 23.7 Å². The summed E-state index contributed by atoms with van der Waals surface area (Å²) in [7, 11) is 0. The summed E-state index contributed by atoms with van der Waals surface area (Å²) in [6, 6.07) is 15.0. The molecular formula is C28H29Cl3N4O. The summed E-state index contributed by atoms with van der Waals surface area (Å²) in [6.45, 7) is 1.33. The minimum absolute atomic E-state index is 0.207. The Morgan fingerprint density at radius 2 is 1.53 bits per heavy atom. The molecule has 1 aromatic heterocycles. The zero-order chi connectivity index (χ0) is 24.8. The fourth-order valence-corrected chi connectivity index (χ4v) is 7.53. The van der Waals surface area contributed by atoms with E-state index in [1.54, 1.807) is 28.9 Å². The molecule has 0 radical (unpaired) electrons. The van der Waals surface area contributed by atoms with Crippen LogP contribution in [-0.4, -0.2) is 34.8 Å². The molecule has 3 aromatic rings. The first kappa shape index (κ1) is 24.3. The van der Waals surface area contributed by atoms with E-state index in [9.17, 15) is 4.79 Å². The molecule has 2 N–H and O–H groups in total. The van der Waals surface area contributed by atoms with Gasteiger partial charge in [-0.25, -0.2) is 4.68 Å². The van der Waals surface area contributed by atoms with E-state index in [4.69, 9.17) is 34.8 Å². The van der Waals surface area contributed by atoms with Gasteiger partial charge in [0.2, 0.25) is 0 Å². The minimum atomic E-state index is -0.207. The Morgan fingerprint density at radius 3 is 2.19 bits per heavy atom. The second kappa shape index (κ2) is 10.0. The van der Waals surface area contributed by atoms with E-state index in [0.717, 1.165) is 41.5 Å². The lowest BCUT2D eigenvalue weighted by Crippen LogP contribution is -2.55. The van der Waals surface area contributed by atoms with Crippen LogP contribution in [0, 0.1) is 23.7 Å². The number of aromatic nitrogens is 2. The largest absolute Gasteiger partial charge is 0.349 e. The molecule has 4 fully saturated rings. The summed E-state index contributed by atoms with van der Waals surface area (Å²) >= 11 is 18.7. The zero-order valence-electron chi connectivity index (χ0n) is 19.9.